The summed E-state index contributed by atoms with van der Waals surface area (Å²) in [7, 11) is 0. The van der Waals surface area contributed by atoms with E-state index in [9.17, 15) is 4.79 Å². The van der Waals surface area contributed by atoms with E-state index in [-0.39, 0.29) is 11.9 Å². The Bertz CT molecular complexity index is 282. The number of carbonyl (C=O) groups excluding carboxylic acids is 1. The molecule has 0 aromatic carbocycles. The van der Waals surface area contributed by atoms with Gasteiger partial charge in [0.05, 0.1) is 6.04 Å². The summed E-state index contributed by atoms with van der Waals surface area (Å²) >= 11 is 1.70. The van der Waals surface area contributed by atoms with E-state index in [4.69, 9.17) is 5.73 Å². The van der Waals surface area contributed by atoms with Gasteiger partial charge >= 0.3 is 0 Å². The molecule has 3 N–H and O–H groups in total. The van der Waals surface area contributed by atoms with Crippen LogP contribution in [-0.2, 0) is 11.2 Å². The van der Waals surface area contributed by atoms with Crippen LogP contribution in [0.3, 0.4) is 0 Å². The molecule has 1 aromatic rings. The molecule has 0 aliphatic carbocycles. The van der Waals surface area contributed by atoms with Crippen LogP contribution in [-0.4, -0.2) is 18.0 Å². The first-order valence-corrected chi connectivity index (χ1v) is 5.56. The number of rotatable bonds is 4. The van der Waals surface area contributed by atoms with Gasteiger partial charge in [-0.25, -0.2) is 0 Å². The van der Waals surface area contributed by atoms with Crippen LogP contribution in [0, 0.1) is 0 Å². The Morgan fingerprint density at radius 2 is 2.36 bits per heavy atom. The maximum absolute atomic E-state index is 11.2. The van der Waals surface area contributed by atoms with E-state index in [1.165, 1.54) is 4.88 Å². The molecule has 1 rings (SSSR count). The van der Waals surface area contributed by atoms with Gasteiger partial charge in [-0.1, -0.05) is 6.07 Å². The third kappa shape index (κ3) is 3.47. The Morgan fingerprint density at radius 1 is 1.64 bits per heavy atom. The largest absolute Gasteiger partial charge is 0.352 e. The molecular formula is C10H16N2OS. The number of nitrogens with one attached hydrogen (secondary N) is 1. The third-order valence-corrected chi connectivity index (χ3v) is 2.79. The summed E-state index contributed by atoms with van der Waals surface area (Å²) in [5.41, 5.74) is 5.45. The van der Waals surface area contributed by atoms with Gasteiger partial charge in [0.1, 0.15) is 0 Å². The van der Waals surface area contributed by atoms with Crippen LogP contribution < -0.4 is 11.1 Å². The van der Waals surface area contributed by atoms with Gasteiger partial charge in [-0.3, -0.25) is 4.79 Å². The molecule has 1 unspecified atom stereocenters. The number of thiophene rings is 1. The SMILES string of the molecule is CC(Cc1cccs1)NC(=O)[C@H](C)N. The predicted molar refractivity (Wildman–Crippen MR) is 59.3 cm³/mol. The first-order chi connectivity index (χ1) is 6.59. The van der Waals surface area contributed by atoms with Crippen molar-refractivity contribution in [3.8, 4) is 0 Å². The average molecular weight is 212 g/mol. The van der Waals surface area contributed by atoms with Crippen molar-refractivity contribution in [3.05, 3.63) is 22.4 Å². The van der Waals surface area contributed by atoms with Crippen molar-refractivity contribution in [2.45, 2.75) is 32.4 Å². The fourth-order valence-electron chi connectivity index (χ4n) is 1.16. The average Bonchev–Trinajstić information content (AvgIpc) is 2.56. The standard InChI is InChI=1S/C10H16N2OS/c1-7(12-10(13)8(2)11)6-9-4-3-5-14-9/h3-5,7-8H,6,11H2,1-2H3,(H,12,13)/t7?,8-/m0/s1. The number of nitrogens with two attached hydrogens (primary N) is 1. The van der Waals surface area contributed by atoms with Crippen LogP contribution in [0.1, 0.15) is 18.7 Å². The van der Waals surface area contributed by atoms with E-state index in [0.717, 1.165) is 6.42 Å². The van der Waals surface area contributed by atoms with Gasteiger partial charge in [0.2, 0.25) is 5.91 Å². The molecule has 2 atom stereocenters. The lowest BCUT2D eigenvalue weighted by Crippen LogP contribution is -2.43. The summed E-state index contributed by atoms with van der Waals surface area (Å²) in [6.07, 6.45) is 0.871. The van der Waals surface area contributed by atoms with Crippen molar-refractivity contribution in [2.24, 2.45) is 5.73 Å². The number of hydrogen-bond acceptors (Lipinski definition) is 3. The van der Waals surface area contributed by atoms with Crippen LogP contribution in [0.25, 0.3) is 0 Å². The lowest BCUT2D eigenvalue weighted by Gasteiger charge is -2.14. The van der Waals surface area contributed by atoms with Crippen molar-refractivity contribution in [1.82, 2.24) is 5.32 Å². The highest BCUT2D eigenvalue weighted by Gasteiger charge is 2.11. The molecule has 14 heavy (non-hydrogen) atoms. The van der Waals surface area contributed by atoms with Crippen molar-refractivity contribution in [1.29, 1.82) is 0 Å². The molecule has 0 saturated carbocycles. The van der Waals surface area contributed by atoms with E-state index < -0.39 is 6.04 Å². The summed E-state index contributed by atoms with van der Waals surface area (Å²) in [4.78, 5) is 12.5. The predicted octanol–water partition coefficient (Wildman–Crippen LogP) is 1.14. The number of amides is 1. The lowest BCUT2D eigenvalue weighted by molar-refractivity contribution is -0.122. The zero-order valence-electron chi connectivity index (χ0n) is 8.49. The smallest absolute Gasteiger partial charge is 0.236 e. The van der Waals surface area contributed by atoms with Crippen LogP contribution in [0.5, 0.6) is 0 Å². The number of hydrogen-bond donors (Lipinski definition) is 2. The van der Waals surface area contributed by atoms with Crippen molar-refractivity contribution < 1.29 is 4.79 Å². The summed E-state index contributed by atoms with van der Waals surface area (Å²) in [5.74, 6) is -0.0888. The number of carbonyl (C=O) groups is 1. The summed E-state index contributed by atoms with van der Waals surface area (Å²) < 4.78 is 0. The van der Waals surface area contributed by atoms with E-state index >= 15 is 0 Å². The van der Waals surface area contributed by atoms with E-state index in [1.54, 1.807) is 18.3 Å². The van der Waals surface area contributed by atoms with Gasteiger partial charge in [0, 0.05) is 17.3 Å². The van der Waals surface area contributed by atoms with Crippen molar-refractivity contribution >= 4 is 17.2 Å². The first kappa shape index (κ1) is 11.2. The molecule has 0 aliphatic rings. The van der Waals surface area contributed by atoms with E-state index in [2.05, 4.69) is 11.4 Å². The molecule has 0 radical (unpaired) electrons. The van der Waals surface area contributed by atoms with E-state index in [0.29, 0.717) is 0 Å². The highest BCUT2D eigenvalue weighted by atomic mass is 32.1. The Morgan fingerprint density at radius 3 is 2.86 bits per heavy atom. The van der Waals surface area contributed by atoms with Crippen LogP contribution in [0.15, 0.2) is 17.5 Å². The van der Waals surface area contributed by atoms with Gasteiger partial charge < -0.3 is 11.1 Å². The van der Waals surface area contributed by atoms with Crippen LogP contribution >= 0.6 is 11.3 Å². The quantitative estimate of drug-likeness (QED) is 0.786. The Kier molecular flexibility index (Phi) is 4.10. The van der Waals surface area contributed by atoms with Crippen LogP contribution in [0.4, 0.5) is 0 Å². The minimum Gasteiger partial charge on any atom is -0.352 e. The van der Waals surface area contributed by atoms with Gasteiger partial charge in [0.25, 0.3) is 0 Å². The summed E-state index contributed by atoms with van der Waals surface area (Å²) in [6, 6.07) is 3.80. The Balaban J connectivity index is 2.36. The Labute approximate surface area is 88.3 Å². The lowest BCUT2D eigenvalue weighted by atomic mass is 10.2. The first-order valence-electron chi connectivity index (χ1n) is 4.68. The molecular weight excluding hydrogens is 196 g/mol. The molecule has 0 spiro atoms. The third-order valence-electron chi connectivity index (χ3n) is 1.89. The normalized spacial score (nSPS) is 14.8. The highest BCUT2D eigenvalue weighted by Crippen LogP contribution is 2.10. The second-order valence-electron chi connectivity index (χ2n) is 3.48. The van der Waals surface area contributed by atoms with Gasteiger partial charge in [-0.2, -0.15) is 0 Å². The van der Waals surface area contributed by atoms with Gasteiger partial charge in [-0.05, 0) is 25.3 Å². The zero-order valence-corrected chi connectivity index (χ0v) is 9.30. The maximum Gasteiger partial charge on any atom is 0.236 e. The van der Waals surface area contributed by atoms with E-state index in [1.807, 2.05) is 18.4 Å². The van der Waals surface area contributed by atoms with Gasteiger partial charge in [-0.15, -0.1) is 11.3 Å². The molecule has 0 bridgehead atoms. The highest BCUT2D eigenvalue weighted by molar-refractivity contribution is 7.09. The van der Waals surface area contributed by atoms with Crippen molar-refractivity contribution in [2.75, 3.05) is 0 Å². The monoisotopic (exact) mass is 212 g/mol. The summed E-state index contributed by atoms with van der Waals surface area (Å²) in [5, 5.41) is 4.90. The van der Waals surface area contributed by atoms with Crippen LogP contribution in [0.2, 0.25) is 0 Å². The molecule has 1 amide bonds. The molecule has 1 aromatic heterocycles. The topological polar surface area (TPSA) is 55.1 Å². The zero-order chi connectivity index (χ0) is 10.6. The Hall–Kier alpha value is -0.870. The minimum absolute atomic E-state index is 0.0888. The second kappa shape index (κ2) is 5.12. The molecule has 78 valence electrons. The summed E-state index contributed by atoms with van der Waals surface area (Å²) in [6.45, 7) is 3.67. The molecule has 0 aliphatic heterocycles. The fourth-order valence-corrected chi connectivity index (χ4v) is 1.99. The fraction of sp³-hybridized carbons (Fsp3) is 0.500. The maximum atomic E-state index is 11.2. The molecule has 3 nitrogen and oxygen atoms in total. The second-order valence-corrected chi connectivity index (χ2v) is 4.51. The molecule has 0 saturated heterocycles. The molecule has 4 heteroatoms. The molecule has 0 fully saturated rings. The molecule has 1 heterocycles. The van der Waals surface area contributed by atoms with Gasteiger partial charge in [0.15, 0.2) is 0 Å². The van der Waals surface area contributed by atoms with Crippen molar-refractivity contribution in [3.63, 3.8) is 0 Å². The minimum atomic E-state index is -0.430.